The fourth-order valence-corrected chi connectivity index (χ4v) is 1.32. The maximum Gasteiger partial charge on any atom is 0.224 e. The van der Waals surface area contributed by atoms with Crippen molar-refractivity contribution in [2.75, 3.05) is 0 Å². The van der Waals surface area contributed by atoms with Crippen LogP contribution in [0, 0.1) is 0 Å². The van der Waals surface area contributed by atoms with E-state index in [4.69, 9.17) is 0 Å². The van der Waals surface area contributed by atoms with Crippen LogP contribution in [0.15, 0.2) is 23.5 Å². The summed E-state index contributed by atoms with van der Waals surface area (Å²) < 4.78 is 0. The lowest BCUT2D eigenvalue weighted by atomic mass is 10.1. The zero-order valence-corrected chi connectivity index (χ0v) is 10.0. The number of ketones is 1. The minimum absolute atomic E-state index is 0.215. The largest absolute Gasteiger partial charge is 0.323 e. The number of amides is 2. The van der Waals surface area contributed by atoms with Gasteiger partial charge in [-0.2, -0.15) is 0 Å². The molecule has 0 aliphatic heterocycles. The van der Waals surface area contributed by atoms with Crippen LogP contribution in [0.4, 0.5) is 0 Å². The number of hydrogen-bond acceptors (Lipinski definition) is 3. The molecule has 0 bridgehead atoms. The summed E-state index contributed by atoms with van der Waals surface area (Å²) in [7, 11) is 0. The van der Waals surface area contributed by atoms with E-state index in [1.807, 2.05) is 0 Å². The normalized spacial score (nSPS) is 14.8. The second kappa shape index (κ2) is 5.98. The van der Waals surface area contributed by atoms with Crippen LogP contribution >= 0.6 is 0 Å². The number of carbonyl (C=O) groups is 3. The molecule has 0 heterocycles. The predicted octanol–water partition coefficient (Wildman–Crippen LogP) is 0.779. The first-order chi connectivity index (χ1) is 8.08. The molecule has 5 heteroatoms. The first-order valence-electron chi connectivity index (χ1n) is 5.63. The zero-order chi connectivity index (χ0) is 12.8. The summed E-state index contributed by atoms with van der Waals surface area (Å²) in [6, 6.07) is 0. The Morgan fingerprint density at radius 3 is 1.82 bits per heavy atom. The van der Waals surface area contributed by atoms with Gasteiger partial charge < -0.3 is 10.6 Å². The lowest BCUT2D eigenvalue weighted by Gasteiger charge is -2.15. The monoisotopic (exact) mass is 236 g/mol. The maximum absolute atomic E-state index is 11.9. The smallest absolute Gasteiger partial charge is 0.224 e. The molecule has 2 N–H and O–H groups in total. The number of carbonyl (C=O) groups excluding carboxylic acids is 3. The quantitative estimate of drug-likeness (QED) is 0.757. The topological polar surface area (TPSA) is 75.3 Å². The highest BCUT2D eigenvalue weighted by Gasteiger charge is 2.20. The molecule has 0 saturated carbocycles. The van der Waals surface area contributed by atoms with Crippen LogP contribution in [-0.2, 0) is 14.4 Å². The van der Waals surface area contributed by atoms with E-state index in [-0.39, 0.29) is 29.0 Å². The van der Waals surface area contributed by atoms with Gasteiger partial charge in [-0.25, -0.2) is 0 Å². The molecule has 0 saturated heterocycles. The van der Waals surface area contributed by atoms with E-state index in [2.05, 4.69) is 10.6 Å². The molecular formula is C12H16N2O3. The average Bonchev–Trinajstić information content (AvgIpc) is 2.33. The third kappa shape index (κ3) is 3.55. The van der Waals surface area contributed by atoms with Gasteiger partial charge in [-0.05, 0) is 6.42 Å². The molecule has 5 nitrogen and oxygen atoms in total. The van der Waals surface area contributed by atoms with Crippen molar-refractivity contribution in [3.8, 4) is 0 Å². The zero-order valence-electron chi connectivity index (χ0n) is 10.0. The molecule has 0 atom stereocenters. The minimum Gasteiger partial charge on any atom is -0.323 e. The average molecular weight is 236 g/mol. The fourth-order valence-electron chi connectivity index (χ4n) is 1.32. The van der Waals surface area contributed by atoms with Crippen LogP contribution < -0.4 is 10.6 Å². The molecule has 0 aromatic carbocycles. The SMILES string of the molecule is CCC(=O)NC1=CCC=C(NC(=O)CC)C1=O. The van der Waals surface area contributed by atoms with Crippen molar-refractivity contribution < 1.29 is 14.4 Å². The number of allylic oxidation sites excluding steroid dienone is 2. The Morgan fingerprint density at radius 2 is 1.47 bits per heavy atom. The summed E-state index contributed by atoms with van der Waals surface area (Å²) in [5.74, 6) is -0.778. The van der Waals surface area contributed by atoms with E-state index in [1.165, 1.54) is 0 Å². The molecular weight excluding hydrogens is 220 g/mol. The van der Waals surface area contributed by atoms with Gasteiger partial charge >= 0.3 is 0 Å². The first kappa shape index (κ1) is 13.2. The van der Waals surface area contributed by atoms with Crippen molar-refractivity contribution in [2.24, 2.45) is 0 Å². The highest BCUT2D eigenvalue weighted by molar-refractivity contribution is 6.11. The van der Waals surface area contributed by atoms with Gasteiger partial charge in [0.05, 0.1) is 11.4 Å². The number of nitrogens with one attached hydrogen (secondary N) is 2. The van der Waals surface area contributed by atoms with Gasteiger partial charge in [-0.1, -0.05) is 26.0 Å². The van der Waals surface area contributed by atoms with Crippen LogP contribution in [0.1, 0.15) is 33.1 Å². The van der Waals surface area contributed by atoms with Gasteiger partial charge in [0.15, 0.2) is 0 Å². The third-order valence-corrected chi connectivity index (χ3v) is 2.32. The summed E-state index contributed by atoms with van der Waals surface area (Å²) in [6.45, 7) is 3.41. The van der Waals surface area contributed by atoms with Crippen molar-refractivity contribution in [3.63, 3.8) is 0 Å². The van der Waals surface area contributed by atoms with Gasteiger partial charge in [0.25, 0.3) is 0 Å². The molecule has 0 radical (unpaired) electrons. The summed E-state index contributed by atoms with van der Waals surface area (Å²) in [4.78, 5) is 34.3. The molecule has 0 spiro atoms. The van der Waals surface area contributed by atoms with Crippen LogP contribution in [-0.4, -0.2) is 17.6 Å². The highest BCUT2D eigenvalue weighted by atomic mass is 16.2. The number of Topliss-reactive ketones (excluding diaryl/α,β-unsaturated/α-hetero) is 1. The van der Waals surface area contributed by atoms with E-state index in [9.17, 15) is 14.4 Å². The van der Waals surface area contributed by atoms with E-state index < -0.39 is 0 Å². The second-order valence-electron chi connectivity index (χ2n) is 3.60. The van der Waals surface area contributed by atoms with Gasteiger partial charge in [0.1, 0.15) is 0 Å². The van der Waals surface area contributed by atoms with Crippen molar-refractivity contribution >= 4 is 17.6 Å². The summed E-state index contributed by atoms with van der Waals surface area (Å²) in [6.07, 6.45) is 4.41. The second-order valence-corrected chi connectivity index (χ2v) is 3.60. The maximum atomic E-state index is 11.9. The van der Waals surface area contributed by atoms with Crippen molar-refractivity contribution in [1.82, 2.24) is 10.6 Å². The Labute approximate surface area is 100.0 Å². The first-order valence-corrected chi connectivity index (χ1v) is 5.63. The third-order valence-electron chi connectivity index (χ3n) is 2.32. The van der Waals surface area contributed by atoms with E-state index in [0.29, 0.717) is 19.3 Å². The van der Waals surface area contributed by atoms with Gasteiger partial charge in [0, 0.05) is 12.8 Å². The van der Waals surface area contributed by atoms with Crippen LogP contribution in [0.25, 0.3) is 0 Å². The Hall–Kier alpha value is -1.91. The van der Waals surface area contributed by atoms with Crippen molar-refractivity contribution in [2.45, 2.75) is 33.1 Å². The lowest BCUT2D eigenvalue weighted by molar-refractivity contribution is -0.123. The minimum atomic E-state index is -0.347. The Balaban J connectivity index is 2.68. The number of rotatable bonds is 4. The molecule has 1 aliphatic rings. The standard InChI is InChI=1S/C12H16N2O3/c1-3-10(15)13-8-6-5-7-9(12(8)17)14-11(16)4-2/h6-7H,3-5H2,1-2H3,(H,13,15)(H,14,16). The molecule has 1 rings (SSSR count). The fraction of sp³-hybridized carbons (Fsp3) is 0.417. The summed E-state index contributed by atoms with van der Waals surface area (Å²) >= 11 is 0. The predicted molar refractivity (Wildman–Crippen MR) is 62.7 cm³/mol. The number of hydrogen-bond donors (Lipinski definition) is 2. The van der Waals surface area contributed by atoms with Gasteiger partial charge in [0.2, 0.25) is 17.6 Å². The molecule has 92 valence electrons. The van der Waals surface area contributed by atoms with E-state index >= 15 is 0 Å². The molecule has 0 unspecified atom stereocenters. The van der Waals surface area contributed by atoms with Crippen LogP contribution in [0.5, 0.6) is 0 Å². The van der Waals surface area contributed by atoms with Crippen LogP contribution in [0.2, 0.25) is 0 Å². The molecule has 1 aliphatic carbocycles. The molecule has 17 heavy (non-hydrogen) atoms. The highest BCUT2D eigenvalue weighted by Crippen LogP contribution is 2.11. The van der Waals surface area contributed by atoms with Crippen molar-refractivity contribution in [3.05, 3.63) is 23.5 Å². The van der Waals surface area contributed by atoms with Gasteiger partial charge in [-0.15, -0.1) is 0 Å². The summed E-state index contributed by atoms with van der Waals surface area (Å²) in [5.41, 5.74) is 0.483. The van der Waals surface area contributed by atoms with E-state index in [1.54, 1.807) is 26.0 Å². The summed E-state index contributed by atoms with van der Waals surface area (Å²) in [5, 5.41) is 5.04. The van der Waals surface area contributed by atoms with E-state index in [0.717, 1.165) is 0 Å². The van der Waals surface area contributed by atoms with Crippen LogP contribution in [0.3, 0.4) is 0 Å². The Morgan fingerprint density at radius 1 is 1.06 bits per heavy atom. The lowest BCUT2D eigenvalue weighted by Crippen LogP contribution is -2.34. The molecule has 0 fully saturated rings. The molecule has 2 amide bonds. The van der Waals surface area contributed by atoms with Crippen molar-refractivity contribution in [1.29, 1.82) is 0 Å². The van der Waals surface area contributed by atoms with Gasteiger partial charge in [-0.3, -0.25) is 14.4 Å². The Bertz CT molecular complexity index is 372. The molecule has 0 aromatic rings. The Kier molecular flexibility index (Phi) is 4.63. The molecule has 0 aromatic heterocycles.